The number of amides is 1. The molecule has 1 heterocycles. The summed E-state index contributed by atoms with van der Waals surface area (Å²) in [6, 6.07) is 6.23. The van der Waals surface area contributed by atoms with E-state index in [1.165, 1.54) is 18.4 Å². The molecule has 0 bridgehead atoms. The maximum atomic E-state index is 11.8. The summed E-state index contributed by atoms with van der Waals surface area (Å²) in [6.07, 6.45) is 4.62. The van der Waals surface area contributed by atoms with Crippen molar-refractivity contribution in [3.63, 3.8) is 0 Å². The van der Waals surface area contributed by atoms with Gasteiger partial charge in [-0.2, -0.15) is 0 Å². The predicted molar refractivity (Wildman–Crippen MR) is 91.8 cm³/mol. The van der Waals surface area contributed by atoms with Gasteiger partial charge in [-0.15, -0.1) is 12.4 Å². The van der Waals surface area contributed by atoms with E-state index in [0.29, 0.717) is 26.3 Å². The summed E-state index contributed by atoms with van der Waals surface area (Å²) in [5.41, 5.74) is 1.28. The van der Waals surface area contributed by atoms with Crippen LogP contribution in [-0.4, -0.2) is 39.3 Å². The number of carbonyl (C=O) groups excluding carboxylic acids is 1. The fourth-order valence-corrected chi connectivity index (χ4v) is 3.48. The van der Waals surface area contributed by atoms with Crippen LogP contribution in [0.2, 0.25) is 0 Å². The van der Waals surface area contributed by atoms with Crippen LogP contribution in [0, 0.1) is 0 Å². The summed E-state index contributed by atoms with van der Waals surface area (Å²) >= 11 is 0. The summed E-state index contributed by atoms with van der Waals surface area (Å²) in [6.45, 7) is 2.25. The molecule has 0 radical (unpaired) electrons. The molecule has 1 aromatic rings. The Kier molecular flexibility index (Phi) is 6.13. The number of likely N-dealkylation sites (N-methyl/N-ethyl adjacent to an activating group) is 1. The molecule has 1 aliphatic carbocycles. The van der Waals surface area contributed by atoms with Crippen molar-refractivity contribution in [1.29, 1.82) is 0 Å². The van der Waals surface area contributed by atoms with Gasteiger partial charge in [0.2, 0.25) is 5.91 Å². The number of hydrogen-bond donors (Lipinski definition) is 2. The van der Waals surface area contributed by atoms with Crippen LogP contribution in [0.15, 0.2) is 18.2 Å². The molecule has 5 nitrogen and oxygen atoms in total. The van der Waals surface area contributed by atoms with Crippen molar-refractivity contribution in [3.05, 3.63) is 23.8 Å². The molecule has 2 N–H and O–H groups in total. The van der Waals surface area contributed by atoms with E-state index in [-0.39, 0.29) is 23.7 Å². The van der Waals surface area contributed by atoms with Crippen LogP contribution >= 0.6 is 12.4 Å². The number of carbonyl (C=O) groups is 1. The largest absolute Gasteiger partial charge is 0.486 e. The second kappa shape index (κ2) is 7.88. The average molecular weight is 341 g/mol. The highest BCUT2D eigenvalue weighted by atomic mass is 35.5. The molecule has 1 fully saturated rings. The van der Waals surface area contributed by atoms with Crippen molar-refractivity contribution in [2.24, 2.45) is 0 Å². The molecule has 1 saturated carbocycles. The van der Waals surface area contributed by atoms with E-state index in [2.05, 4.69) is 22.8 Å². The zero-order valence-electron chi connectivity index (χ0n) is 13.5. The van der Waals surface area contributed by atoms with E-state index >= 15 is 0 Å². The van der Waals surface area contributed by atoms with E-state index in [1.807, 2.05) is 6.07 Å². The number of ether oxygens (including phenoxy) is 2. The van der Waals surface area contributed by atoms with Crippen molar-refractivity contribution < 1.29 is 14.3 Å². The maximum absolute atomic E-state index is 11.8. The lowest BCUT2D eigenvalue weighted by molar-refractivity contribution is -0.120. The normalized spacial score (nSPS) is 18.1. The highest BCUT2D eigenvalue weighted by Crippen LogP contribution is 2.43. The number of halogens is 1. The molecule has 23 heavy (non-hydrogen) atoms. The molecule has 0 aromatic heterocycles. The van der Waals surface area contributed by atoms with Crippen LogP contribution in [0.25, 0.3) is 0 Å². The number of rotatable bonds is 5. The van der Waals surface area contributed by atoms with Crippen LogP contribution in [-0.2, 0) is 10.2 Å². The summed E-state index contributed by atoms with van der Waals surface area (Å²) in [5.74, 6) is 1.70. The summed E-state index contributed by atoms with van der Waals surface area (Å²) < 4.78 is 11.3. The molecule has 0 saturated heterocycles. The Balaban J connectivity index is 0.00000192. The number of hydrogen-bond acceptors (Lipinski definition) is 4. The third kappa shape index (κ3) is 3.90. The van der Waals surface area contributed by atoms with E-state index in [0.717, 1.165) is 24.3 Å². The minimum absolute atomic E-state index is 0. The van der Waals surface area contributed by atoms with Crippen LogP contribution in [0.4, 0.5) is 0 Å². The quantitative estimate of drug-likeness (QED) is 0.861. The highest BCUT2D eigenvalue weighted by Gasteiger charge is 2.36. The van der Waals surface area contributed by atoms with E-state index < -0.39 is 0 Å². The molecule has 0 unspecified atom stereocenters. The molecular weight excluding hydrogens is 316 g/mol. The number of fused-ring (bicyclic) bond motifs is 1. The molecule has 6 heteroatoms. The van der Waals surface area contributed by atoms with Gasteiger partial charge in [0.15, 0.2) is 11.5 Å². The van der Waals surface area contributed by atoms with Crippen LogP contribution < -0.4 is 20.1 Å². The van der Waals surface area contributed by atoms with Gasteiger partial charge < -0.3 is 20.1 Å². The van der Waals surface area contributed by atoms with Crippen molar-refractivity contribution in [1.82, 2.24) is 10.6 Å². The molecule has 0 spiro atoms. The Morgan fingerprint density at radius 3 is 2.57 bits per heavy atom. The second-order valence-electron chi connectivity index (χ2n) is 6.15. The SMILES string of the molecule is CNCC(=O)NCC1(c2ccc3c(c2)OCCO3)CCCC1.Cl. The standard InChI is InChI=1S/C17H24N2O3.ClH/c1-18-11-16(20)19-12-17(6-2-3-7-17)13-4-5-14-15(10-13)22-9-8-21-14;/h4-5,10,18H,2-3,6-9,11-12H2,1H3,(H,19,20);1H. The fourth-order valence-electron chi connectivity index (χ4n) is 3.48. The topological polar surface area (TPSA) is 59.6 Å². The Bertz CT molecular complexity index is 545. The van der Waals surface area contributed by atoms with Gasteiger partial charge in [-0.1, -0.05) is 18.9 Å². The summed E-state index contributed by atoms with van der Waals surface area (Å²) in [5, 5.41) is 5.96. The van der Waals surface area contributed by atoms with Gasteiger partial charge in [-0.05, 0) is 37.6 Å². The van der Waals surface area contributed by atoms with Gasteiger partial charge in [0.1, 0.15) is 13.2 Å². The van der Waals surface area contributed by atoms with E-state index in [9.17, 15) is 4.79 Å². The number of nitrogens with one attached hydrogen (secondary N) is 2. The van der Waals surface area contributed by atoms with E-state index in [4.69, 9.17) is 9.47 Å². The zero-order valence-corrected chi connectivity index (χ0v) is 14.3. The van der Waals surface area contributed by atoms with Crippen LogP contribution in [0.1, 0.15) is 31.2 Å². The van der Waals surface area contributed by atoms with Crippen molar-refractivity contribution in [2.45, 2.75) is 31.1 Å². The predicted octanol–water partition coefficient (Wildman–Crippen LogP) is 2.03. The zero-order chi connectivity index (χ0) is 15.4. The van der Waals surface area contributed by atoms with Gasteiger partial charge in [0.25, 0.3) is 0 Å². The highest BCUT2D eigenvalue weighted by molar-refractivity contribution is 5.85. The second-order valence-corrected chi connectivity index (χ2v) is 6.15. The third-order valence-electron chi connectivity index (χ3n) is 4.68. The Morgan fingerprint density at radius 1 is 1.17 bits per heavy atom. The molecule has 1 aromatic carbocycles. The molecule has 0 atom stereocenters. The van der Waals surface area contributed by atoms with Crippen molar-refractivity contribution >= 4 is 18.3 Å². The molecule has 128 valence electrons. The minimum atomic E-state index is 0. The lowest BCUT2D eigenvalue weighted by Crippen LogP contribution is -2.42. The summed E-state index contributed by atoms with van der Waals surface area (Å²) in [4.78, 5) is 11.8. The maximum Gasteiger partial charge on any atom is 0.233 e. The van der Waals surface area contributed by atoms with Gasteiger partial charge in [0, 0.05) is 12.0 Å². The minimum Gasteiger partial charge on any atom is -0.486 e. The first-order valence-corrected chi connectivity index (χ1v) is 8.05. The molecule has 1 aliphatic heterocycles. The first-order valence-electron chi connectivity index (χ1n) is 8.05. The lowest BCUT2D eigenvalue weighted by atomic mass is 9.78. The van der Waals surface area contributed by atoms with Crippen molar-refractivity contribution in [3.8, 4) is 11.5 Å². The Morgan fingerprint density at radius 2 is 1.87 bits per heavy atom. The smallest absolute Gasteiger partial charge is 0.233 e. The first-order chi connectivity index (χ1) is 10.7. The monoisotopic (exact) mass is 340 g/mol. The van der Waals surface area contributed by atoms with Crippen LogP contribution in [0.3, 0.4) is 0 Å². The molecule has 1 amide bonds. The van der Waals surface area contributed by atoms with Gasteiger partial charge in [-0.25, -0.2) is 0 Å². The van der Waals surface area contributed by atoms with Gasteiger partial charge in [-0.3, -0.25) is 4.79 Å². The Labute approximate surface area is 143 Å². The van der Waals surface area contributed by atoms with Gasteiger partial charge in [0.05, 0.1) is 6.54 Å². The Hall–Kier alpha value is -1.46. The third-order valence-corrected chi connectivity index (χ3v) is 4.68. The fraction of sp³-hybridized carbons (Fsp3) is 0.588. The lowest BCUT2D eigenvalue weighted by Gasteiger charge is -2.31. The first kappa shape index (κ1) is 17.9. The average Bonchev–Trinajstić information content (AvgIpc) is 3.03. The van der Waals surface area contributed by atoms with E-state index in [1.54, 1.807) is 7.05 Å². The van der Waals surface area contributed by atoms with Crippen LogP contribution in [0.5, 0.6) is 11.5 Å². The molecule has 3 rings (SSSR count). The van der Waals surface area contributed by atoms with Crippen molar-refractivity contribution in [2.75, 3.05) is 33.4 Å². The molecule has 2 aliphatic rings. The van der Waals surface area contributed by atoms with Gasteiger partial charge >= 0.3 is 0 Å². The molecular formula is C17H25ClN2O3. The summed E-state index contributed by atoms with van der Waals surface area (Å²) in [7, 11) is 1.78. The number of benzene rings is 1.